The molecule has 0 aliphatic carbocycles. The molecule has 1 aliphatic heterocycles. The second-order valence-electron chi connectivity index (χ2n) is 6.08. The molecule has 0 bridgehead atoms. The van der Waals surface area contributed by atoms with Crippen LogP contribution in [0.15, 0.2) is 34.9 Å². The lowest BCUT2D eigenvalue weighted by atomic mass is 10.1. The third-order valence-corrected chi connectivity index (χ3v) is 4.14. The van der Waals surface area contributed by atoms with Crippen molar-refractivity contribution < 1.29 is 18.5 Å². The van der Waals surface area contributed by atoms with Gasteiger partial charge in [0.05, 0.1) is 5.69 Å². The monoisotopic (exact) mass is 345 g/mol. The van der Waals surface area contributed by atoms with Crippen LogP contribution in [-0.2, 0) is 11.2 Å². The molecule has 2 heterocycles. The van der Waals surface area contributed by atoms with Crippen LogP contribution >= 0.6 is 0 Å². The summed E-state index contributed by atoms with van der Waals surface area (Å²) in [4.78, 5) is 25.4. The maximum absolute atomic E-state index is 12.9. The maximum atomic E-state index is 12.9. The summed E-state index contributed by atoms with van der Waals surface area (Å²) in [6, 6.07) is 7.69. The Hall–Kier alpha value is -2.70. The summed E-state index contributed by atoms with van der Waals surface area (Å²) in [6.07, 6.45) is 2.71. The molecule has 1 saturated heterocycles. The third-order valence-electron chi connectivity index (χ3n) is 4.14. The van der Waals surface area contributed by atoms with Crippen molar-refractivity contribution in [1.29, 1.82) is 0 Å². The Labute approximate surface area is 145 Å². The number of hydrogen-bond donors (Lipinski definition) is 1. The molecule has 3 rings (SSSR count). The summed E-state index contributed by atoms with van der Waals surface area (Å²) in [5.41, 5.74) is 1.50. The van der Waals surface area contributed by atoms with E-state index in [1.807, 2.05) is 4.90 Å². The van der Waals surface area contributed by atoms with E-state index in [0.717, 1.165) is 18.5 Å². The topological polar surface area (TPSA) is 75.4 Å². The van der Waals surface area contributed by atoms with Gasteiger partial charge in [0.25, 0.3) is 5.91 Å². The summed E-state index contributed by atoms with van der Waals surface area (Å²) in [6.45, 7) is 1.93. The van der Waals surface area contributed by atoms with Crippen LogP contribution in [0.1, 0.15) is 41.1 Å². The van der Waals surface area contributed by atoms with Gasteiger partial charge in [-0.25, -0.2) is 4.39 Å². The molecule has 0 radical (unpaired) electrons. The highest BCUT2D eigenvalue weighted by Crippen LogP contribution is 2.12. The van der Waals surface area contributed by atoms with Crippen molar-refractivity contribution in [3.8, 4) is 0 Å². The molecule has 132 valence electrons. The predicted octanol–water partition coefficient (Wildman–Crippen LogP) is 2.15. The Kier molecular flexibility index (Phi) is 5.42. The van der Waals surface area contributed by atoms with Crippen molar-refractivity contribution in [3.05, 3.63) is 53.2 Å². The number of aromatic nitrogens is 1. The van der Waals surface area contributed by atoms with Gasteiger partial charge in [0.2, 0.25) is 11.7 Å². The Bertz CT molecular complexity index is 742. The second kappa shape index (κ2) is 7.92. The first kappa shape index (κ1) is 17.1. The van der Waals surface area contributed by atoms with Crippen LogP contribution in [0.5, 0.6) is 0 Å². The van der Waals surface area contributed by atoms with Crippen molar-refractivity contribution in [2.75, 3.05) is 19.6 Å². The fourth-order valence-corrected chi connectivity index (χ4v) is 2.81. The molecule has 7 heteroatoms. The fraction of sp³-hybridized carbons (Fsp3) is 0.389. The molecule has 25 heavy (non-hydrogen) atoms. The van der Waals surface area contributed by atoms with E-state index >= 15 is 0 Å². The van der Waals surface area contributed by atoms with Gasteiger partial charge in [-0.3, -0.25) is 9.59 Å². The quantitative estimate of drug-likeness (QED) is 0.780. The summed E-state index contributed by atoms with van der Waals surface area (Å²) in [7, 11) is 0. The minimum atomic E-state index is -0.328. The van der Waals surface area contributed by atoms with Crippen molar-refractivity contribution in [1.82, 2.24) is 15.4 Å². The molecule has 0 saturated carbocycles. The smallest absolute Gasteiger partial charge is 0.289 e. The zero-order chi connectivity index (χ0) is 17.6. The lowest BCUT2D eigenvalue weighted by Crippen LogP contribution is -2.30. The van der Waals surface area contributed by atoms with E-state index in [4.69, 9.17) is 4.52 Å². The molecule has 1 aromatic heterocycles. The first-order valence-corrected chi connectivity index (χ1v) is 8.38. The number of carbonyl (C=O) groups is 2. The molecular weight excluding hydrogens is 325 g/mol. The van der Waals surface area contributed by atoms with Crippen molar-refractivity contribution in [2.24, 2.45) is 0 Å². The van der Waals surface area contributed by atoms with Gasteiger partial charge in [0.1, 0.15) is 5.82 Å². The minimum Gasteiger partial charge on any atom is -0.351 e. The van der Waals surface area contributed by atoms with E-state index in [2.05, 4.69) is 10.5 Å². The van der Waals surface area contributed by atoms with Crippen LogP contribution in [0.3, 0.4) is 0 Å². The highest BCUT2D eigenvalue weighted by atomic mass is 19.1. The number of nitrogens with zero attached hydrogens (tertiary/aromatic N) is 2. The molecular formula is C18H20FN3O3. The van der Waals surface area contributed by atoms with Crippen LogP contribution in [0, 0.1) is 5.82 Å². The Morgan fingerprint density at radius 1 is 1.32 bits per heavy atom. The van der Waals surface area contributed by atoms with Crippen LogP contribution in [0.2, 0.25) is 0 Å². The Morgan fingerprint density at radius 2 is 2.12 bits per heavy atom. The van der Waals surface area contributed by atoms with Gasteiger partial charge < -0.3 is 14.7 Å². The SMILES string of the molecule is O=C(NCCCN1CCCC1=O)c1cc(Cc2ccc(F)cc2)no1. The average molecular weight is 345 g/mol. The number of benzene rings is 1. The second-order valence-corrected chi connectivity index (χ2v) is 6.08. The van der Waals surface area contributed by atoms with Crippen LogP contribution in [0.25, 0.3) is 0 Å². The number of likely N-dealkylation sites (tertiary alicyclic amines) is 1. The summed E-state index contributed by atoms with van der Waals surface area (Å²) < 4.78 is 18.0. The summed E-state index contributed by atoms with van der Waals surface area (Å²) >= 11 is 0. The van der Waals surface area contributed by atoms with E-state index in [-0.39, 0.29) is 23.4 Å². The molecule has 0 unspecified atom stereocenters. The zero-order valence-electron chi connectivity index (χ0n) is 13.8. The molecule has 1 fully saturated rings. The molecule has 0 atom stereocenters. The Morgan fingerprint density at radius 3 is 2.84 bits per heavy atom. The third kappa shape index (κ3) is 4.65. The van der Waals surface area contributed by atoms with Gasteiger partial charge in [-0.05, 0) is 30.5 Å². The lowest BCUT2D eigenvalue weighted by molar-refractivity contribution is -0.127. The summed E-state index contributed by atoms with van der Waals surface area (Å²) in [5, 5.41) is 6.64. The molecule has 6 nitrogen and oxygen atoms in total. The highest BCUT2D eigenvalue weighted by molar-refractivity contribution is 5.91. The van der Waals surface area contributed by atoms with Gasteiger partial charge in [-0.1, -0.05) is 17.3 Å². The maximum Gasteiger partial charge on any atom is 0.289 e. The van der Waals surface area contributed by atoms with Gasteiger partial charge in [-0.15, -0.1) is 0 Å². The standard InChI is InChI=1S/C18H20FN3O3/c19-14-6-4-13(5-7-14)11-15-12-16(25-21-15)18(24)20-8-2-10-22-9-1-3-17(22)23/h4-7,12H,1-3,8-11H2,(H,20,24). The lowest BCUT2D eigenvalue weighted by Gasteiger charge is -2.14. The van der Waals surface area contributed by atoms with Crippen LogP contribution < -0.4 is 5.32 Å². The fourth-order valence-electron chi connectivity index (χ4n) is 2.81. The van der Waals surface area contributed by atoms with E-state index in [0.29, 0.717) is 38.0 Å². The van der Waals surface area contributed by atoms with E-state index in [9.17, 15) is 14.0 Å². The highest BCUT2D eigenvalue weighted by Gasteiger charge is 2.19. The van der Waals surface area contributed by atoms with Gasteiger partial charge in [0, 0.05) is 38.5 Å². The average Bonchev–Trinajstić information content (AvgIpc) is 3.23. The Balaban J connectivity index is 1.44. The van der Waals surface area contributed by atoms with Crippen molar-refractivity contribution in [2.45, 2.75) is 25.7 Å². The zero-order valence-corrected chi connectivity index (χ0v) is 13.8. The number of nitrogens with one attached hydrogen (secondary N) is 1. The number of carbonyl (C=O) groups excluding carboxylic acids is 2. The molecule has 2 amide bonds. The molecule has 1 N–H and O–H groups in total. The van der Waals surface area contributed by atoms with Crippen LogP contribution in [-0.4, -0.2) is 41.5 Å². The van der Waals surface area contributed by atoms with Crippen molar-refractivity contribution in [3.63, 3.8) is 0 Å². The minimum absolute atomic E-state index is 0.148. The van der Waals surface area contributed by atoms with Gasteiger partial charge in [-0.2, -0.15) is 0 Å². The van der Waals surface area contributed by atoms with E-state index in [1.54, 1.807) is 18.2 Å². The largest absolute Gasteiger partial charge is 0.351 e. The first-order valence-electron chi connectivity index (χ1n) is 8.38. The summed E-state index contributed by atoms with van der Waals surface area (Å²) in [5.74, 6) is -0.286. The normalized spacial score (nSPS) is 14.1. The molecule has 1 aromatic carbocycles. The molecule has 1 aliphatic rings. The van der Waals surface area contributed by atoms with Crippen molar-refractivity contribution >= 4 is 11.8 Å². The number of hydrogen-bond acceptors (Lipinski definition) is 4. The van der Waals surface area contributed by atoms with E-state index in [1.165, 1.54) is 12.1 Å². The number of halogens is 1. The van der Waals surface area contributed by atoms with Gasteiger partial charge in [0.15, 0.2) is 0 Å². The predicted molar refractivity (Wildman–Crippen MR) is 88.5 cm³/mol. The first-order chi connectivity index (χ1) is 12.1. The molecule has 0 spiro atoms. The molecule has 2 aromatic rings. The number of rotatable bonds is 7. The van der Waals surface area contributed by atoms with Gasteiger partial charge >= 0.3 is 0 Å². The van der Waals surface area contributed by atoms with Crippen LogP contribution in [0.4, 0.5) is 4.39 Å². The number of amides is 2. The van der Waals surface area contributed by atoms with E-state index < -0.39 is 0 Å².